The van der Waals surface area contributed by atoms with E-state index in [1.165, 1.54) is 0 Å². The molecule has 1 aromatic rings. The highest BCUT2D eigenvalue weighted by Crippen LogP contribution is 2.16. The van der Waals surface area contributed by atoms with Gasteiger partial charge in [-0.25, -0.2) is 0 Å². The molecule has 0 aliphatic carbocycles. The summed E-state index contributed by atoms with van der Waals surface area (Å²) in [7, 11) is 4.03. The molecule has 1 unspecified atom stereocenters. The predicted octanol–water partition coefficient (Wildman–Crippen LogP) is 3.09. The molecular weight excluding hydrogens is 333 g/mol. The summed E-state index contributed by atoms with van der Waals surface area (Å²) < 4.78 is 0. The Labute approximate surface area is 153 Å². The maximum absolute atomic E-state index is 12.5. The minimum Gasteiger partial charge on any atom is -0.346 e. The standard InChI is InChI=1S/C17H29N3O.2ClH/c1-13(2)10-17(3,12-18)19-16(21)15-8-6-7-14(9-15)11-20(4)5;;/h6-9,13H,10-12,18H2,1-5H3,(H,19,21);2*1H. The molecule has 3 N–H and O–H groups in total. The van der Waals surface area contributed by atoms with Gasteiger partial charge >= 0.3 is 0 Å². The van der Waals surface area contributed by atoms with E-state index in [0.29, 0.717) is 18.0 Å². The molecule has 1 atom stereocenters. The Morgan fingerprint density at radius 3 is 2.39 bits per heavy atom. The second-order valence-electron chi connectivity index (χ2n) is 6.76. The number of nitrogens with one attached hydrogen (secondary N) is 1. The zero-order valence-electron chi connectivity index (χ0n) is 14.8. The lowest BCUT2D eigenvalue weighted by Crippen LogP contribution is -2.52. The lowest BCUT2D eigenvalue weighted by Gasteiger charge is -2.31. The Morgan fingerprint density at radius 1 is 1.30 bits per heavy atom. The third-order valence-electron chi connectivity index (χ3n) is 3.41. The first-order valence-electron chi connectivity index (χ1n) is 7.52. The highest BCUT2D eigenvalue weighted by Gasteiger charge is 2.26. The van der Waals surface area contributed by atoms with Gasteiger partial charge in [0.25, 0.3) is 5.91 Å². The molecular formula is C17H31Cl2N3O. The van der Waals surface area contributed by atoms with Gasteiger partial charge in [-0.05, 0) is 51.1 Å². The fraction of sp³-hybridized carbons (Fsp3) is 0.588. The largest absolute Gasteiger partial charge is 0.346 e. The third-order valence-corrected chi connectivity index (χ3v) is 3.41. The quantitative estimate of drug-likeness (QED) is 0.782. The van der Waals surface area contributed by atoms with Crippen molar-refractivity contribution in [3.8, 4) is 0 Å². The Bertz CT molecular complexity index is 481. The van der Waals surface area contributed by atoms with Crippen molar-refractivity contribution in [2.45, 2.75) is 39.3 Å². The number of nitrogens with two attached hydrogens (primary N) is 1. The predicted molar refractivity (Wildman–Crippen MR) is 103 cm³/mol. The van der Waals surface area contributed by atoms with E-state index in [0.717, 1.165) is 18.5 Å². The molecule has 0 spiro atoms. The van der Waals surface area contributed by atoms with Gasteiger partial charge in [-0.3, -0.25) is 4.79 Å². The average Bonchev–Trinajstić information content (AvgIpc) is 2.37. The fourth-order valence-electron chi connectivity index (χ4n) is 2.61. The number of hydrogen-bond donors (Lipinski definition) is 2. The molecule has 0 saturated carbocycles. The number of carbonyl (C=O) groups is 1. The van der Waals surface area contributed by atoms with E-state index in [-0.39, 0.29) is 36.3 Å². The van der Waals surface area contributed by atoms with Crippen LogP contribution in [0.15, 0.2) is 24.3 Å². The van der Waals surface area contributed by atoms with Crippen molar-refractivity contribution >= 4 is 30.7 Å². The molecule has 0 aliphatic heterocycles. The molecule has 134 valence electrons. The van der Waals surface area contributed by atoms with Crippen molar-refractivity contribution in [3.05, 3.63) is 35.4 Å². The molecule has 1 aromatic carbocycles. The van der Waals surface area contributed by atoms with Gasteiger partial charge in [0.15, 0.2) is 0 Å². The maximum Gasteiger partial charge on any atom is 0.251 e. The van der Waals surface area contributed by atoms with E-state index >= 15 is 0 Å². The number of halogens is 2. The van der Waals surface area contributed by atoms with Crippen LogP contribution in [0.25, 0.3) is 0 Å². The van der Waals surface area contributed by atoms with Crippen molar-refractivity contribution in [1.29, 1.82) is 0 Å². The summed E-state index contributed by atoms with van der Waals surface area (Å²) in [5.74, 6) is 0.433. The SMILES string of the molecule is CC(C)CC(C)(CN)NC(=O)c1cccc(CN(C)C)c1.Cl.Cl. The van der Waals surface area contributed by atoms with Gasteiger partial charge in [0.1, 0.15) is 0 Å². The highest BCUT2D eigenvalue weighted by molar-refractivity contribution is 5.94. The van der Waals surface area contributed by atoms with Crippen LogP contribution in [-0.2, 0) is 6.54 Å². The van der Waals surface area contributed by atoms with Gasteiger partial charge in [-0.2, -0.15) is 0 Å². The third kappa shape index (κ3) is 8.56. The first-order chi connectivity index (χ1) is 9.75. The summed E-state index contributed by atoms with van der Waals surface area (Å²) >= 11 is 0. The molecule has 0 fully saturated rings. The maximum atomic E-state index is 12.5. The van der Waals surface area contributed by atoms with Crippen LogP contribution in [0, 0.1) is 5.92 Å². The summed E-state index contributed by atoms with van der Waals surface area (Å²) in [6.07, 6.45) is 0.868. The monoisotopic (exact) mass is 363 g/mol. The highest BCUT2D eigenvalue weighted by atomic mass is 35.5. The smallest absolute Gasteiger partial charge is 0.251 e. The number of amides is 1. The van der Waals surface area contributed by atoms with E-state index in [1.807, 2.05) is 45.3 Å². The van der Waals surface area contributed by atoms with Gasteiger partial charge in [0.05, 0.1) is 0 Å². The molecule has 23 heavy (non-hydrogen) atoms. The van der Waals surface area contributed by atoms with Gasteiger partial charge in [0, 0.05) is 24.2 Å². The van der Waals surface area contributed by atoms with Gasteiger partial charge in [-0.15, -0.1) is 24.8 Å². The minimum absolute atomic E-state index is 0. The number of carbonyl (C=O) groups excluding carboxylic acids is 1. The van der Waals surface area contributed by atoms with Gasteiger partial charge in [-0.1, -0.05) is 26.0 Å². The molecule has 0 radical (unpaired) electrons. The van der Waals surface area contributed by atoms with Crippen LogP contribution >= 0.6 is 24.8 Å². The number of hydrogen-bond acceptors (Lipinski definition) is 3. The van der Waals surface area contributed by atoms with E-state index < -0.39 is 0 Å². The molecule has 4 nitrogen and oxygen atoms in total. The van der Waals surface area contributed by atoms with Crippen LogP contribution in [0.2, 0.25) is 0 Å². The summed E-state index contributed by atoms with van der Waals surface area (Å²) in [5.41, 5.74) is 7.32. The van der Waals surface area contributed by atoms with Crippen molar-refractivity contribution in [2.24, 2.45) is 11.7 Å². The van der Waals surface area contributed by atoms with E-state index in [9.17, 15) is 4.79 Å². The van der Waals surface area contributed by atoms with E-state index in [4.69, 9.17) is 5.73 Å². The van der Waals surface area contributed by atoms with Crippen LogP contribution in [0.3, 0.4) is 0 Å². The second-order valence-corrected chi connectivity index (χ2v) is 6.76. The van der Waals surface area contributed by atoms with Crippen molar-refractivity contribution in [1.82, 2.24) is 10.2 Å². The Hall–Kier alpha value is -0.810. The lowest BCUT2D eigenvalue weighted by molar-refractivity contribution is 0.0898. The molecule has 0 heterocycles. The van der Waals surface area contributed by atoms with Crippen molar-refractivity contribution in [2.75, 3.05) is 20.6 Å². The molecule has 1 rings (SSSR count). The molecule has 6 heteroatoms. The Kier molecular flexibility index (Phi) is 11.6. The lowest BCUT2D eigenvalue weighted by atomic mass is 9.90. The molecule has 0 bridgehead atoms. The number of rotatable bonds is 7. The first kappa shape index (κ1) is 24.4. The molecule has 0 aromatic heterocycles. The second kappa shape index (κ2) is 10.9. The van der Waals surface area contributed by atoms with Crippen LogP contribution in [0.1, 0.15) is 43.1 Å². The van der Waals surface area contributed by atoms with Crippen LogP contribution in [0.5, 0.6) is 0 Å². The first-order valence-corrected chi connectivity index (χ1v) is 7.52. The molecule has 1 amide bonds. The van der Waals surface area contributed by atoms with Gasteiger partial charge in [0.2, 0.25) is 0 Å². The van der Waals surface area contributed by atoms with E-state index in [1.54, 1.807) is 0 Å². The van der Waals surface area contributed by atoms with Crippen molar-refractivity contribution < 1.29 is 4.79 Å². The number of benzene rings is 1. The zero-order valence-corrected chi connectivity index (χ0v) is 16.4. The van der Waals surface area contributed by atoms with E-state index in [2.05, 4.69) is 24.1 Å². The summed E-state index contributed by atoms with van der Waals surface area (Å²) in [5, 5.41) is 3.09. The summed E-state index contributed by atoms with van der Waals surface area (Å²) in [6.45, 7) is 7.54. The topological polar surface area (TPSA) is 58.4 Å². The van der Waals surface area contributed by atoms with Crippen LogP contribution in [0.4, 0.5) is 0 Å². The van der Waals surface area contributed by atoms with Crippen LogP contribution in [-0.4, -0.2) is 37.0 Å². The Balaban J connectivity index is 0. The Morgan fingerprint density at radius 2 is 1.91 bits per heavy atom. The summed E-state index contributed by atoms with van der Waals surface area (Å²) in [6, 6.07) is 7.76. The average molecular weight is 364 g/mol. The minimum atomic E-state index is -0.358. The number of nitrogens with zero attached hydrogens (tertiary/aromatic N) is 1. The van der Waals surface area contributed by atoms with Gasteiger partial charge < -0.3 is 16.0 Å². The molecule has 0 saturated heterocycles. The summed E-state index contributed by atoms with van der Waals surface area (Å²) in [4.78, 5) is 14.5. The van der Waals surface area contributed by atoms with Crippen LogP contribution < -0.4 is 11.1 Å². The normalized spacial score (nSPS) is 13.0. The zero-order chi connectivity index (χ0) is 16.0. The fourth-order valence-corrected chi connectivity index (χ4v) is 2.61. The molecule has 0 aliphatic rings. The van der Waals surface area contributed by atoms with Crippen molar-refractivity contribution in [3.63, 3.8) is 0 Å².